The van der Waals surface area contributed by atoms with Crippen LogP contribution in [-0.2, 0) is 16.0 Å². The normalized spacial score (nSPS) is 14.2. The lowest BCUT2D eigenvalue weighted by Crippen LogP contribution is -2.37. The van der Waals surface area contributed by atoms with Crippen molar-refractivity contribution >= 4 is 22.9 Å². The fraction of sp³-hybridized carbons (Fsp3) is 0.250. The number of aromatic nitrogens is 4. The molecule has 1 aliphatic rings. The number of ether oxygens (including phenoxy) is 1. The average molecular weight is 413 g/mol. The monoisotopic (exact) mass is 413 g/mol. The van der Waals surface area contributed by atoms with Gasteiger partial charge in [0.2, 0.25) is 5.95 Å². The summed E-state index contributed by atoms with van der Waals surface area (Å²) in [7, 11) is 0. The Balaban J connectivity index is 1.69. The number of Topliss-reactive ketones (excluding diaryl/α,β-unsaturated/α-hetero) is 1. The number of hydrogen-bond acceptors (Lipinski definition) is 6. The zero-order chi connectivity index (χ0) is 21.2. The Bertz CT molecular complexity index is 1230. The van der Waals surface area contributed by atoms with Crippen molar-refractivity contribution in [1.29, 1.82) is 0 Å². The second-order valence-electron chi connectivity index (χ2n) is 7.67. The number of ketones is 1. The summed E-state index contributed by atoms with van der Waals surface area (Å²) in [5, 5.41) is 0. The summed E-state index contributed by atoms with van der Waals surface area (Å²) in [6.07, 6.45) is 2.19. The first kappa shape index (κ1) is 19.4. The molecule has 3 heterocycles. The molecule has 2 aromatic heterocycles. The van der Waals surface area contributed by atoms with E-state index in [4.69, 9.17) is 14.7 Å². The molecule has 7 nitrogen and oxygen atoms in total. The Hall–Kier alpha value is -3.58. The number of rotatable bonds is 5. The van der Waals surface area contributed by atoms with Gasteiger partial charge >= 0.3 is 0 Å². The third-order valence-corrected chi connectivity index (χ3v) is 5.37. The van der Waals surface area contributed by atoms with Gasteiger partial charge in [0.25, 0.3) is 0 Å². The molecular formula is C24H23N5O2. The smallest absolute Gasteiger partial charge is 0.228 e. The molecule has 0 aliphatic carbocycles. The topological polar surface area (TPSA) is 73.1 Å². The van der Waals surface area contributed by atoms with E-state index >= 15 is 0 Å². The molecule has 1 aliphatic heterocycles. The Labute approximate surface area is 180 Å². The lowest BCUT2D eigenvalue weighted by atomic mass is 10.0. The lowest BCUT2D eigenvalue weighted by molar-refractivity contribution is -0.116. The highest BCUT2D eigenvalue weighted by Crippen LogP contribution is 2.29. The van der Waals surface area contributed by atoms with E-state index in [1.165, 1.54) is 0 Å². The van der Waals surface area contributed by atoms with E-state index in [9.17, 15) is 4.79 Å². The highest BCUT2D eigenvalue weighted by atomic mass is 16.5. The van der Waals surface area contributed by atoms with E-state index in [2.05, 4.69) is 9.88 Å². The molecule has 0 bridgehead atoms. The Kier molecular flexibility index (Phi) is 5.18. The summed E-state index contributed by atoms with van der Waals surface area (Å²) in [6.45, 7) is 4.41. The van der Waals surface area contributed by atoms with Crippen molar-refractivity contribution in [3.63, 3.8) is 0 Å². The molecule has 2 aromatic carbocycles. The highest BCUT2D eigenvalue weighted by molar-refractivity contribution is 5.90. The average Bonchev–Trinajstić information content (AvgIpc) is 3.23. The van der Waals surface area contributed by atoms with Gasteiger partial charge < -0.3 is 9.64 Å². The molecule has 0 N–H and O–H groups in total. The van der Waals surface area contributed by atoms with Crippen LogP contribution in [0.15, 0.2) is 60.9 Å². The number of morpholine rings is 1. The number of hydrogen-bond donors (Lipinski definition) is 0. The van der Waals surface area contributed by atoms with Crippen LogP contribution in [0.25, 0.3) is 28.1 Å². The Morgan fingerprint density at radius 1 is 1.03 bits per heavy atom. The predicted molar refractivity (Wildman–Crippen MR) is 120 cm³/mol. The maximum Gasteiger partial charge on any atom is 0.228 e. The second-order valence-corrected chi connectivity index (χ2v) is 7.67. The van der Waals surface area contributed by atoms with E-state index in [1.54, 1.807) is 13.3 Å². The largest absolute Gasteiger partial charge is 0.378 e. The zero-order valence-electron chi connectivity index (χ0n) is 17.4. The maximum absolute atomic E-state index is 11.6. The second kappa shape index (κ2) is 8.28. The molecule has 5 rings (SSSR count). The molecule has 7 heteroatoms. The van der Waals surface area contributed by atoms with Crippen LogP contribution in [-0.4, -0.2) is 51.6 Å². The highest BCUT2D eigenvalue weighted by Gasteiger charge is 2.20. The lowest BCUT2D eigenvalue weighted by Gasteiger charge is -2.27. The van der Waals surface area contributed by atoms with Crippen LogP contribution in [0.1, 0.15) is 12.5 Å². The van der Waals surface area contributed by atoms with Crippen molar-refractivity contribution in [2.24, 2.45) is 0 Å². The van der Waals surface area contributed by atoms with Crippen LogP contribution in [0.4, 0.5) is 5.95 Å². The Morgan fingerprint density at radius 2 is 1.84 bits per heavy atom. The van der Waals surface area contributed by atoms with Gasteiger partial charge in [-0.05, 0) is 30.7 Å². The Morgan fingerprint density at radius 3 is 2.61 bits per heavy atom. The quantitative estimate of drug-likeness (QED) is 0.499. The first-order valence-corrected chi connectivity index (χ1v) is 10.4. The van der Waals surface area contributed by atoms with Crippen LogP contribution < -0.4 is 4.90 Å². The van der Waals surface area contributed by atoms with Crippen molar-refractivity contribution in [1.82, 2.24) is 19.5 Å². The summed E-state index contributed by atoms with van der Waals surface area (Å²) in [4.78, 5) is 28.3. The molecule has 0 saturated carbocycles. The minimum atomic E-state index is 0.132. The first-order valence-electron chi connectivity index (χ1n) is 10.4. The molecule has 1 fully saturated rings. The van der Waals surface area contributed by atoms with E-state index in [-0.39, 0.29) is 5.78 Å². The number of benzene rings is 2. The number of para-hydroxylation sites is 1. The summed E-state index contributed by atoms with van der Waals surface area (Å²) >= 11 is 0. The third kappa shape index (κ3) is 3.92. The summed E-state index contributed by atoms with van der Waals surface area (Å²) in [5.74, 6) is 0.799. The zero-order valence-corrected chi connectivity index (χ0v) is 17.4. The molecule has 31 heavy (non-hydrogen) atoms. The molecule has 0 spiro atoms. The standard InChI is InChI=1S/C24H23N5O2/c1-17(30)14-18-6-5-7-19(15-18)21-22-23(27-24(26-21)28-10-12-31-13-11-28)29(16-25-22)20-8-3-2-4-9-20/h2-9,15-16H,10-14H2,1H3. The van der Waals surface area contributed by atoms with Crippen LogP contribution in [0.2, 0.25) is 0 Å². The van der Waals surface area contributed by atoms with E-state index < -0.39 is 0 Å². The third-order valence-electron chi connectivity index (χ3n) is 5.37. The van der Waals surface area contributed by atoms with Gasteiger partial charge in [-0.3, -0.25) is 9.36 Å². The van der Waals surface area contributed by atoms with Crippen LogP contribution in [0, 0.1) is 0 Å². The number of fused-ring (bicyclic) bond motifs is 1. The minimum Gasteiger partial charge on any atom is -0.378 e. The van der Waals surface area contributed by atoms with Crippen molar-refractivity contribution in [3.05, 3.63) is 66.5 Å². The van der Waals surface area contributed by atoms with Gasteiger partial charge in [-0.1, -0.05) is 36.4 Å². The summed E-state index contributed by atoms with van der Waals surface area (Å²) < 4.78 is 7.50. The van der Waals surface area contributed by atoms with Crippen LogP contribution in [0.3, 0.4) is 0 Å². The van der Waals surface area contributed by atoms with Gasteiger partial charge in [0.15, 0.2) is 5.65 Å². The molecule has 4 aromatic rings. The van der Waals surface area contributed by atoms with Gasteiger partial charge in [-0.15, -0.1) is 0 Å². The number of nitrogens with zero attached hydrogens (tertiary/aromatic N) is 5. The fourth-order valence-corrected chi connectivity index (χ4v) is 3.89. The van der Waals surface area contributed by atoms with E-state index in [0.717, 1.165) is 46.8 Å². The molecule has 0 unspecified atom stereocenters. The van der Waals surface area contributed by atoms with Gasteiger partial charge in [-0.2, -0.15) is 4.98 Å². The van der Waals surface area contributed by atoms with Gasteiger partial charge in [-0.25, -0.2) is 9.97 Å². The first-order chi connectivity index (χ1) is 15.2. The molecule has 1 saturated heterocycles. The number of imidazole rings is 1. The maximum atomic E-state index is 11.6. The van der Waals surface area contributed by atoms with Gasteiger partial charge in [0, 0.05) is 30.8 Å². The number of carbonyl (C=O) groups excluding carboxylic acids is 1. The SMILES string of the molecule is CC(=O)Cc1cccc(-c2nc(N3CCOCC3)nc3c2ncn3-c2ccccc2)c1. The van der Waals surface area contributed by atoms with Crippen molar-refractivity contribution in [2.45, 2.75) is 13.3 Å². The van der Waals surface area contributed by atoms with Crippen LogP contribution >= 0.6 is 0 Å². The predicted octanol–water partition coefficient (Wildman–Crippen LogP) is 3.45. The number of carbonyl (C=O) groups is 1. The summed E-state index contributed by atoms with van der Waals surface area (Å²) in [6, 6.07) is 18.0. The number of anilines is 1. The molecule has 0 radical (unpaired) electrons. The van der Waals surface area contributed by atoms with Gasteiger partial charge in [0.1, 0.15) is 23.3 Å². The van der Waals surface area contributed by atoms with Crippen molar-refractivity contribution < 1.29 is 9.53 Å². The van der Waals surface area contributed by atoms with E-state index in [0.29, 0.717) is 25.6 Å². The minimum absolute atomic E-state index is 0.132. The molecule has 0 atom stereocenters. The van der Waals surface area contributed by atoms with E-state index in [1.807, 2.05) is 59.2 Å². The summed E-state index contributed by atoms with van der Waals surface area (Å²) in [5.41, 5.74) is 5.15. The molecular weight excluding hydrogens is 390 g/mol. The van der Waals surface area contributed by atoms with Crippen LogP contribution in [0.5, 0.6) is 0 Å². The molecule has 0 amide bonds. The fourth-order valence-electron chi connectivity index (χ4n) is 3.89. The van der Waals surface area contributed by atoms with Gasteiger partial charge in [0.05, 0.1) is 13.2 Å². The van der Waals surface area contributed by atoms with Crippen molar-refractivity contribution in [2.75, 3.05) is 31.2 Å². The van der Waals surface area contributed by atoms with Crippen molar-refractivity contribution in [3.8, 4) is 16.9 Å². The molecule has 156 valence electrons.